The minimum atomic E-state index is 0.124. The third kappa shape index (κ3) is 2.46. The van der Waals surface area contributed by atoms with Gasteiger partial charge in [-0.15, -0.1) is 0 Å². The van der Waals surface area contributed by atoms with E-state index in [1.165, 1.54) is 0 Å². The van der Waals surface area contributed by atoms with Crippen LogP contribution in [0.1, 0.15) is 5.69 Å². The molecular formula is C11H17N5O. The number of hydrogen-bond donors (Lipinski definition) is 1. The van der Waals surface area contributed by atoms with Gasteiger partial charge in [0.2, 0.25) is 11.9 Å². The van der Waals surface area contributed by atoms with Crippen molar-refractivity contribution in [3.63, 3.8) is 0 Å². The van der Waals surface area contributed by atoms with Gasteiger partial charge in [-0.2, -0.15) is 4.98 Å². The number of carbonyl (C=O) groups excluding carboxylic acids is 1. The zero-order chi connectivity index (χ0) is 12.4. The quantitative estimate of drug-likeness (QED) is 0.788. The normalized spacial score (nSPS) is 16.3. The molecule has 1 aromatic rings. The Balaban J connectivity index is 2.22. The fourth-order valence-electron chi connectivity index (χ4n) is 1.78. The van der Waals surface area contributed by atoms with E-state index in [2.05, 4.69) is 15.3 Å². The zero-order valence-corrected chi connectivity index (χ0v) is 10.4. The van der Waals surface area contributed by atoms with E-state index in [4.69, 9.17) is 0 Å². The van der Waals surface area contributed by atoms with E-state index in [1.807, 2.05) is 24.9 Å². The lowest BCUT2D eigenvalue weighted by Crippen LogP contribution is -2.48. The van der Waals surface area contributed by atoms with E-state index in [-0.39, 0.29) is 5.91 Å². The van der Waals surface area contributed by atoms with Gasteiger partial charge in [-0.25, -0.2) is 4.98 Å². The largest absolute Gasteiger partial charge is 0.357 e. The first-order valence-corrected chi connectivity index (χ1v) is 5.62. The molecule has 1 aliphatic heterocycles. The highest BCUT2D eigenvalue weighted by Gasteiger charge is 2.22. The summed E-state index contributed by atoms with van der Waals surface area (Å²) in [6.45, 7) is 3.85. The number of anilines is 2. The molecular weight excluding hydrogens is 218 g/mol. The van der Waals surface area contributed by atoms with Gasteiger partial charge in [0.1, 0.15) is 5.82 Å². The van der Waals surface area contributed by atoms with Gasteiger partial charge < -0.3 is 15.1 Å². The van der Waals surface area contributed by atoms with Crippen LogP contribution in [0.3, 0.4) is 0 Å². The Morgan fingerprint density at radius 2 is 2.12 bits per heavy atom. The molecule has 92 valence electrons. The molecule has 1 saturated heterocycles. The Morgan fingerprint density at radius 1 is 1.35 bits per heavy atom. The molecule has 2 heterocycles. The number of carbonyl (C=O) groups is 1. The van der Waals surface area contributed by atoms with E-state index in [0.29, 0.717) is 12.5 Å². The Hall–Kier alpha value is -1.85. The number of amides is 1. The maximum atomic E-state index is 11.6. The van der Waals surface area contributed by atoms with Crippen molar-refractivity contribution in [2.75, 3.05) is 43.9 Å². The van der Waals surface area contributed by atoms with Crippen LogP contribution in [0.5, 0.6) is 0 Å². The molecule has 0 bridgehead atoms. The average Bonchev–Trinajstić information content (AvgIpc) is 2.32. The van der Waals surface area contributed by atoms with Crippen molar-refractivity contribution in [2.24, 2.45) is 0 Å². The molecule has 1 aromatic heterocycles. The van der Waals surface area contributed by atoms with Crippen LogP contribution < -0.4 is 10.2 Å². The predicted molar refractivity (Wildman–Crippen MR) is 66.2 cm³/mol. The summed E-state index contributed by atoms with van der Waals surface area (Å²) in [6, 6.07) is 1.90. The molecule has 6 nitrogen and oxygen atoms in total. The highest BCUT2D eigenvalue weighted by molar-refractivity contribution is 5.82. The zero-order valence-electron chi connectivity index (χ0n) is 10.4. The molecule has 0 spiro atoms. The highest BCUT2D eigenvalue weighted by atomic mass is 16.2. The van der Waals surface area contributed by atoms with Crippen molar-refractivity contribution >= 4 is 17.7 Å². The lowest BCUT2D eigenvalue weighted by atomic mass is 10.3. The second-order valence-corrected chi connectivity index (χ2v) is 4.18. The maximum absolute atomic E-state index is 11.6. The summed E-state index contributed by atoms with van der Waals surface area (Å²) in [7, 11) is 3.61. The smallest absolute Gasteiger partial charge is 0.241 e. The second-order valence-electron chi connectivity index (χ2n) is 4.18. The first-order valence-electron chi connectivity index (χ1n) is 5.62. The standard InChI is InChI=1S/C11H17N5O/c1-8-6-9(14-11(12-2)13-8)16-5-4-15(3)10(17)7-16/h6H,4-5,7H2,1-3H3,(H,12,13,14). The molecule has 0 aliphatic carbocycles. The first-order chi connectivity index (χ1) is 8.10. The molecule has 1 amide bonds. The number of hydrogen-bond acceptors (Lipinski definition) is 5. The molecule has 0 atom stereocenters. The fourth-order valence-corrected chi connectivity index (χ4v) is 1.78. The molecule has 0 saturated carbocycles. The van der Waals surface area contributed by atoms with Crippen molar-refractivity contribution in [3.8, 4) is 0 Å². The number of likely N-dealkylation sites (N-methyl/N-ethyl adjacent to an activating group) is 1. The fraction of sp³-hybridized carbons (Fsp3) is 0.545. The van der Waals surface area contributed by atoms with Crippen LogP contribution >= 0.6 is 0 Å². The number of piperazine rings is 1. The lowest BCUT2D eigenvalue weighted by Gasteiger charge is -2.32. The third-order valence-corrected chi connectivity index (χ3v) is 2.85. The molecule has 1 aliphatic rings. The molecule has 0 aromatic carbocycles. The molecule has 1 N–H and O–H groups in total. The van der Waals surface area contributed by atoms with E-state index < -0.39 is 0 Å². The molecule has 6 heteroatoms. The predicted octanol–water partition coefficient (Wildman–Crippen LogP) is 0.105. The number of nitrogens with one attached hydrogen (secondary N) is 1. The summed E-state index contributed by atoms with van der Waals surface area (Å²) in [5, 5.41) is 2.92. The van der Waals surface area contributed by atoms with Gasteiger partial charge in [0.05, 0.1) is 6.54 Å². The van der Waals surface area contributed by atoms with E-state index in [1.54, 1.807) is 11.9 Å². The summed E-state index contributed by atoms with van der Waals surface area (Å²) in [4.78, 5) is 24.0. The van der Waals surface area contributed by atoms with Crippen LogP contribution in [-0.4, -0.2) is 54.5 Å². The van der Waals surface area contributed by atoms with Gasteiger partial charge in [-0.05, 0) is 6.92 Å². The van der Waals surface area contributed by atoms with Gasteiger partial charge in [-0.1, -0.05) is 0 Å². The number of aromatic nitrogens is 2. The summed E-state index contributed by atoms with van der Waals surface area (Å²) in [5.41, 5.74) is 0.894. The van der Waals surface area contributed by atoms with Crippen molar-refractivity contribution in [1.29, 1.82) is 0 Å². The molecule has 17 heavy (non-hydrogen) atoms. The minimum Gasteiger partial charge on any atom is -0.357 e. The summed E-state index contributed by atoms with van der Waals surface area (Å²) in [5.74, 6) is 1.52. The highest BCUT2D eigenvalue weighted by Crippen LogP contribution is 2.16. The van der Waals surface area contributed by atoms with Crippen molar-refractivity contribution in [3.05, 3.63) is 11.8 Å². The van der Waals surface area contributed by atoms with Gasteiger partial charge >= 0.3 is 0 Å². The van der Waals surface area contributed by atoms with Crippen LogP contribution in [-0.2, 0) is 4.79 Å². The van der Waals surface area contributed by atoms with Crippen LogP contribution in [0.4, 0.5) is 11.8 Å². The Morgan fingerprint density at radius 3 is 2.76 bits per heavy atom. The van der Waals surface area contributed by atoms with Crippen LogP contribution in [0.15, 0.2) is 6.07 Å². The van der Waals surface area contributed by atoms with Gasteiger partial charge in [0.15, 0.2) is 0 Å². The van der Waals surface area contributed by atoms with E-state index >= 15 is 0 Å². The number of aryl methyl sites for hydroxylation is 1. The van der Waals surface area contributed by atoms with Gasteiger partial charge in [0, 0.05) is 38.9 Å². The van der Waals surface area contributed by atoms with E-state index in [9.17, 15) is 4.79 Å². The summed E-state index contributed by atoms with van der Waals surface area (Å²) < 4.78 is 0. The first kappa shape index (κ1) is 11.6. The van der Waals surface area contributed by atoms with Crippen LogP contribution in [0, 0.1) is 6.92 Å². The number of nitrogens with zero attached hydrogens (tertiary/aromatic N) is 4. The molecule has 1 fully saturated rings. The Labute approximate surface area is 101 Å². The second kappa shape index (κ2) is 4.57. The van der Waals surface area contributed by atoms with Crippen LogP contribution in [0.25, 0.3) is 0 Å². The Bertz CT molecular complexity index is 434. The topological polar surface area (TPSA) is 61.4 Å². The molecule has 2 rings (SSSR count). The number of rotatable bonds is 2. The Kier molecular flexibility index (Phi) is 3.12. The van der Waals surface area contributed by atoms with Gasteiger partial charge in [0.25, 0.3) is 0 Å². The monoisotopic (exact) mass is 235 g/mol. The third-order valence-electron chi connectivity index (χ3n) is 2.85. The lowest BCUT2D eigenvalue weighted by molar-refractivity contribution is -0.129. The molecule has 0 unspecified atom stereocenters. The molecule has 0 radical (unpaired) electrons. The summed E-state index contributed by atoms with van der Waals surface area (Å²) in [6.07, 6.45) is 0. The van der Waals surface area contributed by atoms with Crippen molar-refractivity contribution in [2.45, 2.75) is 6.92 Å². The maximum Gasteiger partial charge on any atom is 0.241 e. The average molecular weight is 235 g/mol. The van der Waals surface area contributed by atoms with Gasteiger partial charge in [-0.3, -0.25) is 4.79 Å². The van der Waals surface area contributed by atoms with Crippen molar-refractivity contribution in [1.82, 2.24) is 14.9 Å². The minimum absolute atomic E-state index is 0.124. The SMILES string of the molecule is CNc1nc(C)cc(N2CCN(C)C(=O)C2)n1. The van der Waals surface area contributed by atoms with Crippen LogP contribution in [0.2, 0.25) is 0 Å². The van der Waals surface area contributed by atoms with Crippen molar-refractivity contribution < 1.29 is 4.79 Å². The summed E-state index contributed by atoms with van der Waals surface area (Å²) >= 11 is 0. The van der Waals surface area contributed by atoms with E-state index in [0.717, 1.165) is 24.6 Å².